The molecule has 1 saturated heterocycles. The molecule has 2 aromatic rings. The molecule has 1 aliphatic heterocycles. The van der Waals surface area contributed by atoms with Crippen LogP contribution < -0.4 is 0 Å². The lowest BCUT2D eigenvalue weighted by Crippen LogP contribution is -2.34. The van der Waals surface area contributed by atoms with E-state index in [2.05, 4.69) is 0 Å². The summed E-state index contributed by atoms with van der Waals surface area (Å²) >= 11 is 0. The zero-order valence-corrected chi connectivity index (χ0v) is 15.4. The summed E-state index contributed by atoms with van der Waals surface area (Å²) in [4.78, 5) is 28.1. The van der Waals surface area contributed by atoms with Crippen molar-refractivity contribution in [3.05, 3.63) is 71.3 Å². The number of nitrogens with zero attached hydrogens (tertiary/aromatic N) is 2. The number of alkyl halides is 3. The molecule has 2 amide bonds. The van der Waals surface area contributed by atoms with Crippen molar-refractivity contribution in [2.24, 2.45) is 5.92 Å². The molecule has 0 spiro atoms. The van der Waals surface area contributed by atoms with Gasteiger partial charge in [-0.1, -0.05) is 42.5 Å². The number of rotatable bonds is 5. The summed E-state index contributed by atoms with van der Waals surface area (Å²) in [5.41, 5.74) is 0.888. The number of carbonyl (C=O) groups excluding carboxylic acids is 2. The van der Waals surface area contributed by atoms with Gasteiger partial charge in [-0.25, -0.2) is 0 Å². The van der Waals surface area contributed by atoms with Gasteiger partial charge < -0.3 is 9.80 Å². The van der Waals surface area contributed by atoms with Gasteiger partial charge in [0.25, 0.3) is 0 Å². The van der Waals surface area contributed by atoms with E-state index >= 15 is 0 Å². The number of likely N-dealkylation sites (tertiary alicyclic amines) is 1. The predicted octanol–water partition coefficient (Wildman–Crippen LogP) is 3.71. The molecule has 3 rings (SSSR count). The number of hydrogen-bond donors (Lipinski definition) is 0. The molecule has 0 saturated carbocycles. The van der Waals surface area contributed by atoms with Crippen molar-refractivity contribution < 1.29 is 22.8 Å². The summed E-state index contributed by atoms with van der Waals surface area (Å²) in [5, 5.41) is 0. The number of amides is 2. The Labute approximate surface area is 161 Å². The molecule has 1 unspecified atom stereocenters. The summed E-state index contributed by atoms with van der Waals surface area (Å²) in [6, 6.07) is 14.3. The molecule has 0 N–H and O–H groups in total. The largest absolute Gasteiger partial charge is 0.416 e. The lowest BCUT2D eigenvalue weighted by Gasteiger charge is -2.22. The lowest BCUT2D eigenvalue weighted by molar-refractivity contribution is -0.137. The fraction of sp³-hybridized carbons (Fsp3) is 0.333. The molecule has 4 nitrogen and oxygen atoms in total. The lowest BCUT2D eigenvalue weighted by atomic mass is 10.1. The standard InChI is InChI=1S/C21H21F3N2O2/c1-25(12-16-7-9-18(10-8-16)21(22,23)24)20(28)17-11-19(27)26(14-17)13-15-5-3-2-4-6-15/h2-10,17H,11-14H2,1H3. The summed E-state index contributed by atoms with van der Waals surface area (Å²) in [6.07, 6.45) is -4.23. The third-order valence-electron chi connectivity index (χ3n) is 4.86. The van der Waals surface area contributed by atoms with E-state index in [0.717, 1.165) is 17.7 Å². The number of halogens is 3. The fourth-order valence-corrected chi connectivity index (χ4v) is 3.36. The first-order valence-corrected chi connectivity index (χ1v) is 8.97. The van der Waals surface area contributed by atoms with Gasteiger partial charge in [0.2, 0.25) is 11.8 Å². The SMILES string of the molecule is CN(Cc1ccc(C(F)(F)F)cc1)C(=O)C1CC(=O)N(Cc2ccccc2)C1. The van der Waals surface area contributed by atoms with Gasteiger partial charge in [0.1, 0.15) is 0 Å². The highest BCUT2D eigenvalue weighted by atomic mass is 19.4. The molecule has 0 aliphatic carbocycles. The zero-order chi connectivity index (χ0) is 20.3. The van der Waals surface area contributed by atoms with Gasteiger partial charge in [-0.15, -0.1) is 0 Å². The highest BCUT2D eigenvalue weighted by Crippen LogP contribution is 2.29. The minimum absolute atomic E-state index is 0.0647. The van der Waals surface area contributed by atoms with Crippen LogP contribution in [0.4, 0.5) is 13.2 Å². The Kier molecular flexibility index (Phi) is 5.72. The Morgan fingerprint density at radius 3 is 2.32 bits per heavy atom. The average molecular weight is 390 g/mol. The molecule has 28 heavy (non-hydrogen) atoms. The zero-order valence-electron chi connectivity index (χ0n) is 15.4. The van der Waals surface area contributed by atoms with Gasteiger partial charge in [-0.3, -0.25) is 9.59 Å². The molecule has 2 aromatic carbocycles. The summed E-state index contributed by atoms with van der Waals surface area (Å²) in [6.45, 7) is 1.01. The maximum atomic E-state index is 12.7. The van der Waals surface area contributed by atoms with Gasteiger partial charge in [0.15, 0.2) is 0 Å². The molecule has 0 aromatic heterocycles. The van der Waals surface area contributed by atoms with Gasteiger partial charge >= 0.3 is 6.18 Å². The topological polar surface area (TPSA) is 40.6 Å². The second-order valence-electron chi connectivity index (χ2n) is 7.05. The molecule has 7 heteroatoms. The molecule has 0 radical (unpaired) electrons. The van der Waals surface area contributed by atoms with Crippen LogP contribution in [-0.4, -0.2) is 35.2 Å². The number of carbonyl (C=O) groups is 2. The molecule has 148 valence electrons. The van der Waals surface area contributed by atoms with Crippen molar-refractivity contribution in [3.8, 4) is 0 Å². The van der Waals surface area contributed by atoms with E-state index < -0.39 is 17.7 Å². The predicted molar refractivity (Wildman–Crippen MR) is 97.9 cm³/mol. The van der Waals surface area contributed by atoms with E-state index in [9.17, 15) is 22.8 Å². The highest BCUT2D eigenvalue weighted by Gasteiger charge is 2.35. The van der Waals surface area contributed by atoms with Gasteiger partial charge in [0, 0.05) is 33.1 Å². The Balaban J connectivity index is 1.58. The van der Waals surface area contributed by atoms with Crippen LogP contribution in [0.2, 0.25) is 0 Å². The second-order valence-corrected chi connectivity index (χ2v) is 7.05. The van der Waals surface area contributed by atoms with E-state index in [0.29, 0.717) is 18.7 Å². The molecular formula is C21H21F3N2O2. The minimum Gasteiger partial charge on any atom is -0.341 e. The van der Waals surface area contributed by atoms with Crippen LogP contribution in [0.15, 0.2) is 54.6 Å². The number of hydrogen-bond acceptors (Lipinski definition) is 2. The van der Waals surface area contributed by atoms with Gasteiger partial charge in [-0.2, -0.15) is 13.2 Å². The van der Waals surface area contributed by atoms with E-state index in [1.54, 1.807) is 11.9 Å². The van der Waals surface area contributed by atoms with Crippen LogP contribution in [0.1, 0.15) is 23.1 Å². The quantitative estimate of drug-likeness (QED) is 0.781. The maximum Gasteiger partial charge on any atom is 0.416 e. The molecule has 1 heterocycles. The molecule has 1 fully saturated rings. The fourth-order valence-electron chi connectivity index (χ4n) is 3.36. The summed E-state index contributed by atoms with van der Waals surface area (Å²) in [5.74, 6) is -0.676. The van der Waals surface area contributed by atoms with Gasteiger partial charge in [0.05, 0.1) is 11.5 Å². The highest BCUT2D eigenvalue weighted by molar-refractivity contribution is 5.89. The van der Waals surface area contributed by atoms with Crippen molar-refractivity contribution in [2.45, 2.75) is 25.7 Å². The summed E-state index contributed by atoms with van der Waals surface area (Å²) < 4.78 is 37.9. The second kappa shape index (κ2) is 8.04. The molecule has 1 atom stereocenters. The first-order chi connectivity index (χ1) is 13.2. The van der Waals surface area contributed by atoms with Crippen LogP contribution in [0, 0.1) is 5.92 Å². The van der Waals surface area contributed by atoms with E-state index in [1.807, 2.05) is 30.3 Å². The Morgan fingerprint density at radius 2 is 1.71 bits per heavy atom. The smallest absolute Gasteiger partial charge is 0.341 e. The van der Waals surface area contributed by atoms with Crippen molar-refractivity contribution in [1.29, 1.82) is 0 Å². The average Bonchev–Trinajstić information content (AvgIpc) is 3.02. The summed E-state index contributed by atoms with van der Waals surface area (Å²) in [7, 11) is 1.60. The van der Waals surface area contributed by atoms with Crippen LogP contribution >= 0.6 is 0 Å². The van der Waals surface area contributed by atoms with Crippen molar-refractivity contribution >= 4 is 11.8 Å². The Bertz CT molecular complexity index is 835. The third-order valence-corrected chi connectivity index (χ3v) is 4.86. The first-order valence-electron chi connectivity index (χ1n) is 8.97. The van der Waals surface area contributed by atoms with E-state index in [-0.39, 0.29) is 24.8 Å². The number of benzene rings is 2. The van der Waals surface area contributed by atoms with Crippen LogP contribution in [0.3, 0.4) is 0 Å². The Hall–Kier alpha value is -2.83. The van der Waals surface area contributed by atoms with Crippen LogP contribution in [-0.2, 0) is 28.9 Å². The van der Waals surface area contributed by atoms with E-state index in [1.165, 1.54) is 17.0 Å². The van der Waals surface area contributed by atoms with Gasteiger partial charge in [-0.05, 0) is 23.3 Å². The minimum atomic E-state index is -4.38. The molecule has 0 bridgehead atoms. The monoisotopic (exact) mass is 390 g/mol. The van der Waals surface area contributed by atoms with Crippen molar-refractivity contribution in [3.63, 3.8) is 0 Å². The van der Waals surface area contributed by atoms with Crippen LogP contribution in [0.25, 0.3) is 0 Å². The molecular weight excluding hydrogens is 369 g/mol. The first kappa shape index (κ1) is 19.9. The third kappa shape index (κ3) is 4.71. The normalized spacial score (nSPS) is 17.1. The maximum absolute atomic E-state index is 12.7. The Morgan fingerprint density at radius 1 is 1.07 bits per heavy atom. The van der Waals surface area contributed by atoms with Crippen molar-refractivity contribution in [1.82, 2.24) is 9.80 Å². The van der Waals surface area contributed by atoms with Crippen molar-refractivity contribution in [2.75, 3.05) is 13.6 Å². The van der Waals surface area contributed by atoms with E-state index in [4.69, 9.17) is 0 Å². The van der Waals surface area contributed by atoms with Crippen LogP contribution in [0.5, 0.6) is 0 Å². The molecule has 1 aliphatic rings.